The fourth-order valence-electron chi connectivity index (χ4n) is 2.38. The zero-order valence-corrected chi connectivity index (χ0v) is 12.5. The molecule has 0 atom stereocenters. The van der Waals surface area contributed by atoms with Crippen molar-refractivity contribution in [2.75, 3.05) is 44.5 Å². The molecule has 0 saturated carbocycles. The molecule has 6 nitrogen and oxygen atoms in total. The Balaban J connectivity index is 2.65. The fourth-order valence-corrected chi connectivity index (χ4v) is 2.38. The molecule has 1 aromatic carbocycles. The number of hydrogen-bond acceptors (Lipinski definition) is 6. The molecule has 0 unspecified atom stereocenters. The molecule has 1 heterocycles. The summed E-state index contributed by atoms with van der Waals surface area (Å²) < 4.78 is 4.87. The van der Waals surface area contributed by atoms with E-state index >= 15 is 0 Å². The van der Waals surface area contributed by atoms with Crippen LogP contribution in [0.15, 0.2) is 23.3 Å². The highest BCUT2D eigenvalue weighted by Gasteiger charge is 2.21. The van der Waals surface area contributed by atoms with Crippen LogP contribution in [-0.4, -0.2) is 46.5 Å². The number of carbonyl (C=O) groups excluding carboxylic acids is 1. The van der Waals surface area contributed by atoms with Gasteiger partial charge in [0, 0.05) is 50.7 Å². The molecule has 0 spiro atoms. The Morgan fingerprint density at radius 3 is 2.86 bits per heavy atom. The maximum absolute atomic E-state index is 12.1. The lowest BCUT2D eigenvalue weighted by Gasteiger charge is -2.29. The van der Waals surface area contributed by atoms with Crippen LogP contribution in [0.5, 0.6) is 0 Å². The third-order valence-corrected chi connectivity index (χ3v) is 3.47. The summed E-state index contributed by atoms with van der Waals surface area (Å²) in [7, 11) is 5.04. The number of hydrogen-bond donors (Lipinski definition) is 2. The number of benzene rings is 1. The van der Waals surface area contributed by atoms with Gasteiger partial charge >= 0.3 is 5.97 Å². The molecule has 1 aliphatic heterocycles. The lowest BCUT2D eigenvalue weighted by Crippen LogP contribution is -2.30. The van der Waals surface area contributed by atoms with Crippen LogP contribution in [0, 0.1) is 0 Å². The van der Waals surface area contributed by atoms with Crippen molar-refractivity contribution in [3.63, 3.8) is 0 Å². The van der Waals surface area contributed by atoms with Gasteiger partial charge in [-0.1, -0.05) is 0 Å². The summed E-state index contributed by atoms with van der Waals surface area (Å²) in [4.78, 5) is 18.2. The standard InChI is InChI=1S/C15H20N4O2/c1-17-9-10(8-16)11-7-14-13(18-4-5-19(14)2)6-12(11)15(20)21-3/h6-9,18H,4-5,16H2,1-3H3/b10-8+,17-9?. The molecule has 1 aromatic rings. The van der Waals surface area contributed by atoms with Crippen molar-refractivity contribution < 1.29 is 9.53 Å². The van der Waals surface area contributed by atoms with Crippen LogP contribution in [-0.2, 0) is 4.74 Å². The number of likely N-dealkylation sites (N-methyl/N-ethyl adjacent to an activating group) is 1. The molecule has 6 heteroatoms. The Bertz CT molecular complexity index is 608. The third-order valence-electron chi connectivity index (χ3n) is 3.47. The van der Waals surface area contributed by atoms with E-state index in [1.807, 2.05) is 13.1 Å². The van der Waals surface area contributed by atoms with E-state index in [1.54, 1.807) is 19.3 Å². The van der Waals surface area contributed by atoms with Gasteiger partial charge in [0.15, 0.2) is 0 Å². The summed E-state index contributed by atoms with van der Waals surface area (Å²) in [6.45, 7) is 1.73. The number of nitrogens with zero attached hydrogens (tertiary/aromatic N) is 2. The zero-order valence-electron chi connectivity index (χ0n) is 12.5. The Morgan fingerprint density at radius 1 is 1.48 bits per heavy atom. The number of nitrogens with one attached hydrogen (secondary N) is 1. The summed E-state index contributed by atoms with van der Waals surface area (Å²) in [6, 6.07) is 3.74. The molecule has 0 saturated heterocycles. The van der Waals surface area contributed by atoms with Gasteiger partial charge in [0.25, 0.3) is 0 Å². The first kappa shape index (κ1) is 14.9. The summed E-state index contributed by atoms with van der Waals surface area (Å²) in [5.41, 5.74) is 9.47. The van der Waals surface area contributed by atoms with Crippen molar-refractivity contribution in [1.82, 2.24) is 0 Å². The summed E-state index contributed by atoms with van der Waals surface area (Å²) in [6.07, 6.45) is 3.07. The number of allylic oxidation sites excluding steroid dienone is 1. The lowest BCUT2D eigenvalue weighted by atomic mass is 9.97. The van der Waals surface area contributed by atoms with Gasteiger partial charge in [-0.2, -0.15) is 0 Å². The maximum atomic E-state index is 12.1. The number of ether oxygens (including phenoxy) is 1. The number of methoxy groups -OCH3 is 1. The minimum atomic E-state index is -0.397. The summed E-state index contributed by atoms with van der Waals surface area (Å²) >= 11 is 0. The predicted molar refractivity (Wildman–Crippen MR) is 86.1 cm³/mol. The average Bonchev–Trinajstić information content (AvgIpc) is 2.51. The minimum Gasteiger partial charge on any atom is -0.465 e. The van der Waals surface area contributed by atoms with Gasteiger partial charge in [-0.25, -0.2) is 4.79 Å². The van der Waals surface area contributed by atoms with Crippen LogP contribution in [0.2, 0.25) is 0 Å². The Hall–Kier alpha value is -2.50. The van der Waals surface area contributed by atoms with Crippen LogP contribution < -0.4 is 16.0 Å². The van der Waals surface area contributed by atoms with Gasteiger partial charge in [0.2, 0.25) is 0 Å². The Kier molecular flexibility index (Phi) is 4.47. The van der Waals surface area contributed by atoms with Gasteiger partial charge in [-0.15, -0.1) is 0 Å². The van der Waals surface area contributed by atoms with Crippen molar-refractivity contribution >= 4 is 29.1 Å². The topological polar surface area (TPSA) is 79.9 Å². The highest BCUT2D eigenvalue weighted by Crippen LogP contribution is 2.34. The second-order valence-corrected chi connectivity index (χ2v) is 4.76. The molecular weight excluding hydrogens is 268 g/mol. The minimum absolute atomic E-state index is 0.397. The molecule has 0 aromatic heterocycles. The molecule has 0 amide bonds. The normalized spacial score (nSPS) is 14.8. The number of aliphatic imine (C=N–C) groups is 1. The first-order valence-electron chi connectivity index (χ1n) is 6.68. The monoisotopic (exact) mass is 288 g/mol. The van der Waals surface area contributed by atoms with Gasteiger partial charge < -0.3 is 20.7 Å². The van der Waals surface area contributed by atoms with Gasteiger partial charge in [0.05, 0.1) is 24.0 Å². The molecule has 0 bridgehead atoms. The lowest BCUT2D eigenvalue weighted by molar-refractivity contribution is 0.0600. The molecular formula is C15H20N4O2. The molecule has 112 valence electrons. The van der Waals surface area contributed by atoms with E-state index in [4.69, 9.17) is 10.5 Å². The molecule has 21 heavy (non-hydrogen) atoms. The summed E-state index contributed by atoms with van der Waals surface area (Å²) in [5, 5.41) is 3.29. The van der Waals surface area contributed by atoms with Gasteiger partial charge in [-0.05, 0) is 12.1 Å². The van der Waals surface area contributed by atoms with E-state index in [1.165, 1.54) is 13.3 Å². The number of fused-ring (bicyclic) bond motifs is 1. The molecule has 0 radical (unpaired) electrons. The van der Waals surface area contributed by atoms with E-state index in [9.17, 15) is 4.79 Å². The van der Waals surface area contributed by atoms with Crippen molar-refractivity contribution in [3.8, 4) is 0 Å². The van der Waals surface area contributed by atoms with E-state index in [0.29, 0.717) is 16.7 Å². The quantitative estimate of drug-likeness (QED) is 0.648. The fraction of sp³-hybridized carbons (Fsp3) is 0.333. The van der Waals surface area contributed by atoms with Crippen molar-refractivity contribution in [2.45, 2.75) is 0 Å². The highest BCUT2D eigenvalue weighted by atomic mass is 16.5. The van der Waals surface area contributed by atoms with E-state index in [0.717, 1.165) is 24.5 Å². The smallest absolute Gasteiger partial charge is 0.338 e. The number of nitrogens with two attached hydrogens (primary N) is 1. The Morgan fingerprint density at radius 2 is 2.24 bits per heavy atom. The number of rotatable bonds is 3. The molecule has 1 aliphatic rings. The molecule has 0 aliphatic carbocycles. The summed E-state index contributed by atoms with van der Waals surface area (Å²) in [5.74, 6) is -0.397. The van der Waals surface area contributed by atoms with Gasteiger partial charge in [0.1, 0.15) is 0 Å². The first-order chi connectivity index (χ1) is 10.1. The SMILES string of the molecule is CN=C/C(=C\N)c1cc2c(cc1C(=O)OC)NCCN2C. The van der Waals surface area contributed by atoms with Crippen molar-refractivity contribution in [2.24, 2.45) is 10.7 Å². The van der Waals surface area contributed by atoms with Gasteiger partial charge in [-0.3, -0.25) is 4.99 Å². The van der Waals surface area contributed by atoms with E-state index < -0.39 is 5.97 Å². The highest BCUT2D eigenvalue weighted by molar-refractivity contribution is 6.14. The van der Waals surface area contributed by atoms with Crippen molar-refractivity contribution in [1.29, 1.82) is 0 Å². The first-order valence-corrected chi connectivity index (χ1v) is 6.68. The number of carbonyl (C=O) groups is 1. The van der Waals surface area contributed by atoms with Crippen LogP contribution in [0.4, 0.5) is 11.4 Å². The number of esters is 1. The Labute approximate surface area is 124 Å². The average molecular weight is 288 g/mol. The second-order valence-electron chi connectivity index (χ2n) is 4.76. The second kappa shape index (κ2) is 6.30. The van der Waals surface area contributed by atoms with Crippen LogP contribution in [0.3, 0.4) is 0 Å². The zero-order chi connectivity index (χ0) is 15.4. The third kappa shape index (κ3) is 2.84. The van der Waals surface area contributed by atoms with Crippen LogP contribution in [0.25, 0.3) is 5.57 Å². The molecule has 3 N–H and O–H groups in total. The maximum Gasteiger partial charge on any atom is 0.338 e. The number of anilines is 2. The van der Waals surface area contributed by atoms with Crippen molar-refractivity contribution in [3.05, 3.63) is 29.5 Å². The molecule has 0 fully saturated rings. The largest absolute Gasteiger partial charge is 0.465 e. The predicted octanol–water partition coefficient (Wildman–Crippen LogP) is 1.34. The van der Waals surface area contributed by atoms with Crippen LogP contribution in [0.1, 0.15) is 15.9 Å². The van der Waals surface area contributed by atoms with Crippen LogP contribution >= 0.6 is 0 Å². The van der Waals surface area contributed by atoms with E-state index in [-0.39, 0.29) is 0 Å². The molecule has 2 rings (SSSR count). The van der Waals surface area contributed by atoms with E-state index in [2.05, 4.69) is 15.2 Å².